The standard InChI is InChI=1S/C18H6F7NO3/c19-8-3-1-6(5-9(8)20)10-4-2-7(17(27)26-10)18(28)29-16-14(24)12(22)11(21)13(23)15(16)25/h1-5H,(H,26,27). The predicted octanol–water partition coefficient (Wildman–Crippen LogP) is 4.23. The van der Waals surface area contributed by atoms with Gasteiger partial charge in [0, 0.05) is 11.3 Å². The molecule has 0 bridgehead atoms. The van der Waals surface area contributed by atoms with Crippen LogP contribution >= 0.6 is 0 Å². The zero-order valence-corrected chi connectivity index (χ0v) is 13.8. The number of pyridine rings is 1. The molecule has 0 radical (unpaired) electrons. The van der Waals surface area contributed by atoms with Crippen molar-refractivity contribution in [2.24, 2.45) is 0 Å². The largest absolute Gasteiger partial charge is 0.416 e. The number of hydrogen-bond donors (Lipinski definition) is 1. The van der Waals surface area contributed by atoms with E-state index in [1.165, 1.54) is 0 Å². The van der Waals surface area contributed by atoms with Crippen molar-refractivity contribution in [3.63, 3.8) is 0 Å². The second kappa shape index (κ2) is 7.41. The number of hydrogen-bond acceptors (Lipinski definition) is 3. The summed E-state index contributed by atoms with van der Waals surface area (Å²) in [4.78, 5) is 26.1. The van der Waals surface area contributed by atoms with E-state index in [0.717, 1.165) is 30.3 Å². The van der Waals surface area contributed by atoms with Gasteiger partial charge in [-0.05, 0) is 30.3 Å². The molecule has 1 N–H and O–H groups in total. The first kappa shape index (κ1) is 20.1. The normalized spacial score (nSPS) is 10.9. The molecule has 11 heteroatoms. The molecule has 0 atom stereocenters. The molecule has 3 aromatic rings. The van der Waals surface area contributed by atoms with E-state index in [0.29, 0.717) is 0 Å². The van der Waals surface area contributed by atoms with Gasteiger partial charge in [-0.3, -0.25) is 4.79 Å². The molecule has 2 aromatic carbocycles. The molecule has 0 saturated heterocycles. The highest BCUT2D eigenvalue weighted by Crippen LogP contribution is 2.29. The maximum atomic E-state index is 13.6. The van der Waals surface area contributed by atoms with Crippen molar-refractivity contribution in [2.75, 3.05) is 0 Å². The summed E-state index contributed by atoms with van der Waals surface area (Å²) in [6.45, 7) is 0. The Labute approximate surface area is 156 Å². The number of rotatable bonds is 3. The van der Waals surface area contributed by atoms with Crippen LogP contribution in [-0.4, -0.2) is 11.0 Å². The number of carbonyl (C=O) groups is 1. The average molecular weight is 417 g/mol. The highest BCUT2D eigenvalue weighted by Gasteiger charge is 2.29. The highest BCUT2D eigenvalue weighted by atomic mass is 19.2. The Morgan fingerprint density at radius 2 is 1.34 bits per heavy atom. The van der Waals surface area contributed by atoms with Crippen molar-refractivity contribution < 1.29 is 40.3 Å². The Bertz CT molecular complexity index is 1180. The molecule has 1 heterocycles. The summed E-state index contributed by atoms with van der Waals surface area (Å²) in [6.07, 6.45) is 0. The van der Waals surface area contributed by atoms with Gasteiger partial charge < -0.3 is 9.72 Å². The van der Waals surface area contributed by atoms with Crippen molar-refractivity contribution in [2.45, 2.75) is 0 Å². The minimum atomic E-state index is -2.45. The molecule has 0 spiro atoms. The van der Waals surface area contributed by atoms with Gasteiger partial charge in [0.25, 0.3) is 5.56 Å². The van der Waals surface area contributed by atoms with Crippen molar-refractivity contribution in [1.29, 1.82) is 0 Å². The molecule has 0 saturated carbocycles. The Balaban J connectivity index is 1.95. The molecule has 3 rings (SSSR count). The van der Waals surface area contributed by atoms with Gasteiger partial charge in [0.1, 0.15) is 5.56 Å². The SMILES string of the molecule is O=C(Oc1c(F)c(F)c(F)c(F)c1F)c1ccc(-c2ccc(F)c(F)c2)[nH]c1=O. The quantitative estimate of drug-likeness (QED) is 0.228. The van der Waals surface area contributed by atoms with E-state index >= 15 is 0 Å². The first-order chi connectivity index (χ1) is 13.6. The van der Waals surface area contributed by atoms with Crippen LogP contribution in [0.4, 0.5) is 30.7 Å². The lowest BCUT2D eigenvalue weighted by Crippen LogP contribution is -2.23. The third-order valence-electron chi connectivity index (χ3n) is 3.72. The number of aromatic nitrogens is 1. The van der Waals surface area contributed by atoms with E-state index < -0.39 is 63.6 Å². The van der Waals surface area contributed by atoms with Crippen molar-refractivity contribution in [3.8, 4) is 17.0 Å². The van der Waals surface area contributed by atoms with E-state index in [1.807, 2.05) is 0 Å². The summed E-state index contributed by atoms with van der Waals surface area (Å²) in [5.41, 5.74) is -2.05. The predicted molar refractivity (Wildman–Crippen MR) is 83.6 cm³/mol. The first-order valence-electron chi connectivity index (χ1n) is 7.54. The molecule has 150 valence electrons. The molecular formula is C18H6F7NO3. The molecule has 4 nitrogen and oxygen atoms in total. The second-order valence-electron chi connectivity index (χ2n) is 5.53. The fraction of sp³-hybridized carbons (Fsp3) is 0. The Morgan fingerprint density at radius 3 is 1.90 bits per heavy atom. The molecule has 0 aliphatic rings. The van der Waals surface area contributed by atoms with Gasteiger partial charge in [0.15, 0.2) is 11.6 Å². The fourth-order valence-electron chi connectivity index (χ4n) is 2.29. The molecule has 29 heavy (non-hydrogen) atoms. The monoisotopic (exact) mass is 417 g/mol. The van der Waals surface area contributed by atoms with Crippen LogP contribution in [-0.2, 0) is 0 Å². The molecule has 0 fully saturated rings. The Kier molecular flexibility index (Phi) is 5.14. The maximum Gasteiger partial charge on any atom is 0.349 e. The van der Waals surface area contributed by atoms with Gasteiger partial charge in [-0.1, -0.05) is 0 Å². The van der Waals surface area contributed by atoms with Gasteiger partial charge in [-0.2, -0.15) is 8.78 Å². The maximum absolute atomic E-state index is 13.6. The van der Waals surface area contributed by atoms with Crippen molar-refractivity contribution in [3.05, 3.63) is 87.0 Å². The van der Waals surface area contributed by atoms with Crippen LogP contribution in [0.15, 0.2) is 35.1 Å². The minimum Gasteiger partial charge on any atom is -0.416 e. The minimum absolute atomic E-state index is 0.0284. The molecule has 0 aliphatic carbocycles. The van der Waals surface area contributed by atoms with Crippen LogP contribution in [0.25, 0.3) is 11.3 Å². The Morgan fingerprint density at radius 1 is 0.759 bits per heavy atom. The van der Waals surface area contributed by atoms with E-state index in [-0.39, 0.29) is 11.3 Å². The second-order valence-corrected chi connectivity index (χ2v) is 5.53. The van der Waals surface area contributed by atoms with Crippen LogP contribution < -0.4 is 10.3 Å². The van der Waals surface area contributed by atoms with Gasteiger partial charge in [-0.15, -0.1) is 0 Å². The third-order valence-corrected chi connectivity index (χ3v) is 3.72. The Hall–Kier alpha value is -3.63. The van der Waals surface area contributed by atoms with Crippen LogP contribution in [0.1, 0.15) is 10.4 Å². The number of H-pyrrole nitrogens is 1. The number of esters is 1. The van der Waals surface area contributed by atoms with Crippen LogP contribution in [0.5, 0.6) is 5.75 Å². The summed E-state index contributed by atoms with van der Waals surface area (Å²) in [5, 5.41) is 0. The number of benzene rings is 2. The summed E-state index contributed by atoms with van der Waals surface area (Å²) in [6, 6.07) is 4.53. The van der Waals surface area contributed by atoms with Crippen LogP contribution in [0.2, 0.25) is 0 Å². The summed E-state index contributed by atoms with van der Waals surface area (Å²) in [7, 11) is 0. The third kappa shape index (κ3) is 3.58. The lowest BCUT2D eigenvalue weighted by molar-refractivity contribution is 0.0714. The van der Waals surface area contributed by atoms with Crippen LogP contribution in [0, 0.1) is 40.7 Å². The summed E-state index contributed by atoms with van der Waals surface area (Å²) >= 11 is 0. The van der Waals surface area contributed by atoms with E-state index in [1.54, 1.807) is 0 Å². The van der Waals surface area contributed by atoms with Crippen molar-refractivity contribution in [1.82, 2.24) is 4.98 Å². The lowest BCUT2D eigenvalue weighted by Gasteiger charge is -2.09. The van der Waals surface area contributed by atoms with E-state index in [4.69, 9.17) is 0 Å². The van der Waals surface area contributed by atoms with Gasteiger partial charge >= 0.3 is 5.97 Å². The fourth-order valence-corrected chi connectivity index (χ4v) is 2.29. The average Bonchev–Trinajstić information content (AvgIpc) is 2.70. The summed E-state index contributed by atoms with van der Waals surface area (Å²) in [5.74, 6) is -17.9. The zero-order valence-electron chi connectivity index (χ0n) is 13.8. The topological polar surface area (TPSA) is 59.2 Å². The highest BCUT2D eigenvalue weighted by molar-refractivity contribution is 5.91. The summed E-state index contributed by atoms with van der Waals surface area (Å²) < 4.78 is 96.9. The molecular weight excluding hydrogens is 411 g/mol. The molecule has 0 amide bonds. The van der Waals surface area contributed by atoms with Crippen molar-refractivity contribution >= 4 is 5.97 Å². The first-order valence-corrected chi connectivity index (χ1v) is 7.54. The molecule has 0 unspecified atom stereocenters. The zero-order chi connectivity index (χ0) is 21.5. The number of halogens is 7. The molecule has 1 aromatic heterocycles. The lowest BCUT2D eigenvalue weighted by atomic mass is 10.1. The number of aromatic amines is 1. The smallest absolute Gasteiger partial charge is 0.349 e. The number of nitrogens with one attached hydrogen (secondary N) is 1. The van der Waals surface area contributed by atoms with E-state index in [9.17, 15) is 40.3 Å². The molecule has 0 aliphatic heterocycles. The van der Waals surface area contributed by atoms with Gasteiger partial charge in [0.2, 0.25) is 34.8 Å². The van der Waals surface area contributed by atoms with Gasteiger partial charge in [-0.25, -0.2) is 26.7 Å². The van der Waals surface area contributed by atoms with Crippen LogP contribution in [0.3, 0.4) is 0 Å². The number of ether oxygens (including phenoxy) is 1. The number of carbonyl (C=O) groups excluding carboxylic acids is 1. The van der Waals surface area contributed by atoms with Gasteiger partial charge in [0.05, 0.1) is 0 Å². The van der Waals surface area contributed by atoms with E-state index in [2.05, 4.69) is 9.72 Å².